The summed E-state index contributed by atoms with van der Waals surface area (Å²) in [5, 5.41) is 0.151. The average Bonchev–Trinajstić information content (AvgIpc) is 3.04. The molecule has 0 amide bonds. The van der Waals surface area contributed by atoms with Crippen molar-refractivity contribution in [1.29, 1.82) is 0 Å². The van der Waals surface area contributed by atoms with Gasteiger partial charge in [0.2, 0.25) is 0 Å². The first kappa shape index (κ1) is 17.3. The molecule has 0 aliphatic heterocycles. The van der Waals surface area contributed by atoms with Gasteiger partial charge in [-0.3, -0.25) is 0 Å². The first-order chi connectivity index (χ1) is 13.0. The minimum absolute atomic E-state index is 0.151. The molecule has 0 aliphatic rings. The van der Waals surface area contributed by atoms with Gasteiger partial charge in [0.1, 0.15) is 11.6 Å². The molecule has 0 saturated heterocycles. The molecule has 0 saturated carbocycles. The van der Waals surface area contributed by atoms with Crippen LogP contribution in [0.15, 0.2) is 48.7 Å². The van der Waals surface area contributed by atoms with Gasteiger partial charge in [-0.1, -0.05) is 30.3 Å². The summed E-state index contributed by atoms with van der Waals surface area (Å²) in [6, 6.07) is 12.5. The predicted octanol–water partition coefficient (Wildman–Crippen LogP) is 4.40. The number of aromatic nitrogens is 4. The number of halogens is 2. The normalized spacial score (nSPS) is 11.3. The minimum Gasteiger partial charge on any atom is -0.337 e. The van der Waals surface area contributed by atoms with Crippen molar-refractivity contribution in [2.45, 2.75) is 19.8 Å². The lowest BCUT2D eigenvalue weighted by molar-refractivity contribution is 0.515. The molecule has 27 heavy (non-hydrogen) atoms. The molecular formula is C21H18F2N4. The molecule has 4 aromatic rings. The lowest BCUT2D eigenvalue weighted by Crippen LogP contribution is -2.05. The van der Waals surface area contributed by atoms with Crippen LogP contribution in [0.2, 0.25) is 0 Å². The third kappa shape index (κ3) is 3.30. The third-order valence-corrected chi connectivity index (χ3v) is 4.57. The van der Waals surface area contributed by atoms with Gasteiger partial charge in [0, 0.05) is 25.2 Å². The third-order valence-electron chi connectivity index (χ3n) is 4.57. The lowest BCUT2D eigenvalue weighted by Gasteiger charge is -2.08. The molecule has 0 spiro atoms. The predicted molar refractivity (Wildman–Crippen MR) is 100 cm³/mol. The quantitative estimate of drug-likeness (QED) is 0.539. The Kier molecular flexibility index (Phi) is 4.39. The van der Waals surface area contributed by atoms with Crippen molar-refractivity contribution in [3.05, 3.63) is 77.6 Å². The van der Waals surface area contributed by atoms with Gasteiger partial charge in [-0.05, 0) is 25.5 Å². The van der Waals surface area contributed by atoms with E-state index in [0.717, 1.165) is 23.1 Å². The summed E-state index contributed by atoms with van der Waals surface area (Å²) in [4.78, 5) is 13.3. The summed E-state index contributed by atoms with van der Waals surface area (Å²) < 4.78 is 30.0. The van der Waals surface area contributed by atoms with E-state index in [1.807, 2.05) is 48.1 Å². The fourth-order valence-electron chi connectivity index (χ4n) is 3.25. The Labute approximate surface area is 155 Å². The Morgan fingerprint density at radius 2 is 1.70 bits per heavy atom. The molecule has 0 atom stereocenters. The van der Waals surface area contributed by atoms with Gasteiger partial charge >= 0.3 is 0 Å². The molecule has 0 fully saturated rings. The molecule has 0 unspecified atom stereocenters. The van der Waals surface area contributed by atoms with Gasteiger partial charge in [0.15, 0.2) is 11.6 Å². The molecular weight excluding hydrogens is 346 g/mol. The van der Waals surface area contributed by atoms with Crippen LogP contribution >= 0.6 is 0 Å². The first-order valence-corrected chi connectivity index (χ1v) is 8.72. The van der Waals surface area contributed by atoms with Gasteiger partial charge < -0.3 is 4.57 Å². The second kappa shape index (κ2) is 6.87. The van der Waals surface area contributed by atoms with E-state index >= 15 is 0 Å². The largest absolute Gasteiger partial charge is 0.337 e. The SMILES string of the molecule is Cc1nc(CCc2nc(-c3ccccc3)cn2C)c2c(F)c(F)ccc2n1. The van der Waals surface area contributed by atoms with Gasteiger partial charge in [0.25, 0.3) is 0 Å². The summed E-state index contributed by atoms with van der Waals surface area (Å²) in [7, 11) is 1.93. The van der Waals surface area contributed by atoms with Gasteiger partial charge in [-0.15, -0.1) is 0 Å². The van der Waals surface area contributed by atoms with Crippen molar-refractivity contribution in [2.75, 3.05) is 0 Å². The molecule has 2 heterocycles. The van der Waals surface area contributed by atoms with Crippen LogP contribution in [0.5, 0.6) is 0 Å². The molecule has 0 N–H and O–H groups in total. The molecule has 0 radical (unpaired) electrons. The van der Waals surface area contributed by atoms with Gasteiger partial charge in [-0.25, -0.2) is 23.7 Å². The van der Waals surface area contributed by atoms with E-state index in [9.17, 15) is 8.78 Å². The molecule has 2 aromatic carbocycles. The molecule has 0 aliphatic carbocycles. The molecule has 6 heteroatoms. The van der Waals surface area contributed by atoms with E-state index in [4.69, 9.17) is 0 Å². The number of nitrogens with zero attached hydrogens (tertiary/aromatic N) is 4. The zero-order chi connectivity index (χ0) is 19.0. The molecule has 2 aromatic heterocycles. The Morgan fingerprint density at radius 3 is 2.48 bits per heavy atom. The Bertz CT molecular complexity index is 1120. The number of fused-ring (bicyclic) bond motifs is 1. The Morgan fingerprint density at radius 1 is 0.926 bits per heavy atom. The highest BCUT2D eigenvalue weighted by molar-refractivity contribution is 5.81. The van der Waals surface area contributed by atoms with Crippen molar-refractivity contribution >= 4 is 10.9 Å². The van der Waals surface area contributed by atoms with Crippen molar-refractivity contribution in [2.24, 2.45) is 7.05 Å². The van der Waals surface area contributed by atoms with Crippen molar-refractivity contribution in [1.82, 2.24) is 19.5 Å². The van der Waals surface area contributed by atoms with Crippen LogP contribution in [0.1, 0.15) is 17.3 Å². The van der Waals surface area contributed by atoms with Crippen LogP contribution in [-0.4, -0.2) is 19.5 Å². The smallest absolute Gasteiger partial charge is 0.170 e. The number of aryl methyl sites for hydroxylation is 4. The number of hydrogen-bond acceptors (Lipinski definition) is 3. The Hall–Kier alpha value is -3.15. The summed E-state index contributed by atoms with van der Waals surface area (Å²) in [5.74, 6) is -0.393. The van der Waals surface area contributed by atoms with Crippen molar-refractivity contribution in [3.8, 4) is 11.3 Å². The second-order valence-electron chi connectivity index (χ2n) is 6.49. The minimum atomic E-state index is -0.896. The molecule has 0 bridgehead atoms. The van der Waals surface area contributed by atoms with Crippen LogP contribution in [0.4, 0.5) is 8.78 Å². The van der Waals surface area contributed by atoms with Crippen LogP contribution in [0, 0.1) is 18.6 Å². The van der Waals surface area contributed by atoms with Gasteiger partial charge in [0.05, 0.1) is 22.3 Å². The lowest BCUT2D eigenvalue weighted by atomic mass is 10.1. The standard InChI is InChI=1S/C21H18F2N4/c1-13-24-16-9-8-15(22)21(23)20(16)17(25-13)10-11-19-26-18(12-27(19)2)14-6-4-3-5-7-14/h3-9,12H,10-11H2,1-2H3. The van der Waals surface area contributed by atoms with E-state index in [2.05, 4.69) is 15.0 Å². The number of benzene rings is 2. The van der Waals surface area contributed by atoms with E-state index < -0.39 is 11.6 Å². The van der Waals surface area contributed by atoms with Crippen molar-refractivity contribution in [3.63, 3.8) is 0 Å². The van der Waals surface area contributed by atoms with E-state index in [-0.39, 0.29) is 5.39 Å². The maximum Gasteiger partial charge on any atom is 0.170 e. The molecule has 4 nitrogen and oxygen atoms in total. The van der Waals surface area contributed by atoms with E-state index in [1.165, 1.54) is 6.07 Å². The second-order valence-corrected chi connectivity index (χ2v) is 6.49. The van der Waals surface area contributed by atoms with E-state index in [0.29, 0.717) is 29.9 Å². The first-order valence-electron chi connectivity index (χ1n) is 8.72. The van der Waals surface area contributed by atoms with Crippen molar-refractivity contribution < 1.29 is 8.78 Å². The van der Waals surface area contributed by atoms with Crippen LogP contribution in [-0.2, 0) is 19.9 Å². The number of imidazole rings is 1. The zero-order valence-corrected chi connectivity index (χ0v) is 15.1. The molecule has 136 valence electrons. The average molecular weight is 364 g/mol. The van der Waals surface area contributed by atoms with Crippen LogP contribution < -0.4 is 0 Å². The summed E-state index contributed by atoms with van der Waals surface area (Å²) in [6.07, 6.45) is 2.97. The summed E-state index contributed by atoms with van der Waals surface area (Å²) >= 11 is 0. The highest BCUT2D eigenvalue weighted by atomic mass is 19.2. The summed E-state index contributed by atoms with van der Waals surface area (Å²) in [6.45, 7) is 1.75. The highest BCUT2D eigenvalue weighted by Crippen LogP contribution is 2.24. The van der Waals surface area contributed by atoms with Gasteiger partial charge in [-0.2, -0.15) is 0 Å². The maximum absolute atomic E-state index is 14.3. The molecule has 4 rings (SSSR count). The van der Waals surface area contributed by atoms with E-state index in [1.54, 1.807) is 6.92 Å². The monoisotopic (exact) mass is 364 g/mol. The maximum atomic E-state index is 14.3. The summed E-state index contributed by atoms with van der Waals surface area (Å²) in [5.41, 5.74) is 2.84. The topological polar surface area (TPSA) is 43.6 Å². The van der Waals surface area contributed by atoms with Crippen LogP contribution in [0.25, 0.3) is 22.2 Å². The number of rotatable bonds is 4. The fraction of sp³-hybridized carbons (Fsp3) is 0.190. The zero-order valence-electron chi connectivity index (χ0n) is 15.1. The highest BCUT2D eigenvalue weighted by Gasteiger charge is 2.16. The fourth-order valence-corrected chi connectivity index (χ4v) is 3.25. The Balaban J connectivity index is 1.67. The number of hydrogen-bond donors (Lipinski definition) is 0. The van der Waals surface area contributed by atoms with Crippen LogP contribution in [0.3, 0.4) is 0 Å².